The SMILES string of the molecule is CCN1CCN(C2CCN(C[C@@H](O)CN3CCOCC3)CC2)C1=O. The van der Waals surface area contributed by atoms with Crippen molar-refractivity contribution in [2.24, 2.45) is 0 Å². The van der Waals surface area contributed by atoms with E-state index in [9.17, 15) is 9.90 Å². The zero-order valence-corrected chi connectivity index (χ0v) is 14.9. The summed E-state index contributed by atoms with van der Waals surface area (Å²) in [6.45, 7) is 11.4. The number of β-amino-alcohol motifs (C(OH)–C–C–N with tert-alkyl or cyclic N) is 1. The molecule has 0 saturated carbocycles. The van der Waals surface area contributed by atoms with Gasteiger partial charge in [-0.25, -0.2) is 4.79 Å². The lowest BCUT2D eigenvalue weighted by molar-refractivity contribution is 0.00355. The van der Waals surface area contributed by atoms with Crippen molar-refractivity contribution < 1.29 is 14.6 Å². The first kappa shape index (κ1) is 17.9. The van der Waals surface area contributed by atoms with Gasteiger partial charge in [0, 0.05) is 64.9 Å². The summed E-state index contributed by atoms with van der Waals surface area (Å²) >= 11 is 0. The Bertz CT molecular complexity index is 409. The Morgan fingerprint density at radius 2 is 1.67 bits per heavy atom. The standard InChI is InChI=1S/C17H32N4O3/c1-2-20-7-8-21(17(20)23)15-3-5-18(6-4-15)13-16(22)14-19-9-11-24-12-10-19/h15-16,22H,2-14H2,1H3/t16-/m1/s1. The molecule has 3 rings (SSSR count). The Morgan fingerprint density at radius 1 is 1.04 bits per heavy atom. The van der Waals surface area contributed by atoms with Crippen LogP contribution in [-0.2, 0) is 4.74 Å². The van der Waals surface area contributed by atoms with E-state index in [1.165, 1.54) is 0 Å². The minimum absolute atomic E-state index is 0.211. The van der Waals surface area contributed by atoms with E-state index < -0.39 is 0 Å². The van der Waals surface area contributed by atoms with Gasteiger partial charge in [-0.05, 0) is 19.8 Å². The van der Waals surface area contributed by atoms with Crippen molar-refractivity contribution in [2.75, 3.05) is 72.1 Å². The Hall–Kier alpha value is -0.890. The molecule has 1 N–H and O–H groups in total. The fourth-order valence-corrected chi connectivity index (χ4v) is 4.08. The molecule has 0 aromatic rings. The van der Waals surface area contributed by atoms with Gasteiger partial charge in [-0.2, -0.15) is 0 Å². The number of carbonyl (C=O) groups excluding carboxylic acids is 1. The molecule has 3 aliphatic rings. The number of aliphatic hydroxyl groups is 1. The van der Waals surface area contributed by atoms with Gasteiger partial charge in [0.15, 0.2) is 0 Å². The summed E-state index contributed by atoms with van der Waals surface area (Å²) in [6, 6.07) is 0.588. The number of likely N-dealkylation sites (tertiary alicyclic amines) is 1. The fraction of sp³-hybridized carbons (Fsp3) is 0.941. The average molecular weight is 340 g/mol. The average Bonchev–Trinajstić information content (AvgIpc) is 2.97. The van der Waals surface area contributed by atoms with Crippen LogP contribution in [0.3, 0.4) is 0 Å². The topological polar surface area (TPSA) is 59.5 Å². The number of hydrogen-bond acceptors (Lipinski definition) is 5. The number of urea groups is 1. The molecule has 0 aliphatic carbocycles. The first-order valence-electron chi connectivity index (χ1n) is 9.43. The molecular formula is C17H32N4O3. The van der Waals surface area contributed by atoms with Crippen LogP contribution < -0.4 is 0 Å². The van der Waals surface area contributed by atoms with Gasteiger partial charge in [0.1, 0.15) is 0 Å². The van der Waals surface area contributed by atoms with Crippen molar-refractivity contribution in [3.05, 3.63) is 0 Å². The van der Waals surface area contributed by atoms with Crippen LogP contribution in [0.4, 0.5) is 4.79 Å². The maximum Gasteiger partial charge on any atom is 0.320 e. The first-order valence-corrected chi connectivity index (χ1v) is 9.43. The quantitative estimate of drug-likeness (QED) is 0.732. The van der Waals surface area contributed by atoms with Crippen molar-refractivity contribution >= 4 is 6.03 Å². The Morgan fingerprint density at radius 3 is 2.25 bits per heavy atom. The minimum Gasteiger partial charge on any atom is -0.390 e. The minimum atomic E-state index is -0.302. The molecule has 0 bridgehead atoms. The molecule has 7 nitrogen and oxygen atoms in total. The van der Waals surface area contributed by atoms with E-state index in [0.29, 0.717) is 6.04 Å². The molecule has 7 heteroatoms. The van der Waals surface area contributed by atoms with E-state index >= 15 is 0 Å². The number of likely N-dealkylation sites (N-methyl/N-ethyl adjacent to an activating group) is 1. The highest BCUT2D eigenvalue weighted by Crippen LogP contribution is 2.21. The summed E-state index contributed by atoms with van der Waals surface area (Å²) in [7, 11) is 0. The third kappa shape index (κ3) is 4.39. The van der Waals surface area contributed by atoms with Gasteiger partial charge in [-0.1, -0.05) is 0 Å². The van der Waals surface area contributed by atoms with Gasteiger partial charge in [-0.15, -0.1) is 0 Å². The zero-order chi connectivity index (χ0) is 16.9. The molecule has 1 atom stereocenters. The van der Waals surface area contributed by atoms with Crippen LogP contribution in [0.2, 0.25) is 0 Å². The van der Waals surface area contributed by atoms with E-state index in [4.69, 9.17) is 4.74 Å². The molecule has 2 amide bonds. The number of rotatable bonds is 6. The molecule has 3 aliphatic heterocycles. The van der Waals surface area contributed by atoms with Crippen molar-refractivity contribution in [2.45, 2.75) is 31.9 Å². The molecule has 0 spiro atoms. The molecule has 0 unspecified atom stereocenters. The zero-order valence-electron chi connectivity index (χ0n) is 14.9. The van der Waals surface area contributed by atoms with Crippen molar-refractivity contribution in [3.8, 4) is 0 Å². The molecule has 3 heterocycles. The van der Waals surface area contributed by atoms with Crippen molar-refractivity contribution in [3.63, 3.8) is 0 Å². The molecule has 0 aromatic carbocycles. The van der Waals surface area contributed by atoms with Gasteiger partial charge in [0.2, 0.25) is 0 Å². The highest BCUT2D eigenvalue weighted by Gasteiger charge is 2.34. The molecule has 0 radical (unpaired) electrons. The second kappa shape index (κ2) is 8.47. The van der Waals surface area contributed by atoms with E-state index in [-0.39, 0.29) is 12.1 Å². The lowest BCUT2D eigenvalue weighted by atomic mass is 10.0. The molecular weight excluding hydrogens is 308 g/mol. The Kier molecular flexibility index (Phi) is 6.32. The number of hydrogen-bond donors (Lipinski definition) is 1. The largest absolute Gasteiger partial charge is 0.390 e. The number of morpholine rings is 1. The Balaban J connectivity index is 1.38. The van der Waals surface area contributed by atoms with E-state index in [1.54, 1.807) is 0 Å². The summed E-state index contributed by atoms with van der Waals surface area (Å²) in [4.78, 5) is 20.9. The van der Waals surface area contributed by atoms with Crippen molar-refractivity contribution in [1.82, 2.24) is 19.6 Å². The van der Waals surface area contributed by atoms with Crippen LogP contribution in [-0.4, -0.2) is 115 Å². The second-order valence-electron chi connectivity index (χ2n) is 7.15. The summed E-state index contributed by atoms with van der Waals surface area (Å²) < 4.78 is 5.35. The van der Waals surface area contributed by atoms with Gasteiger partial charge < -0.3 is 24.5 Å². The summed E-state index contributed by atoms with van der Waals surface area (Å²) in [5.74, 6) is 0. The highest BCUT2D eigenvalue weighted by atomic mass is 16.5. The predicted molar refractivity (Wildman–Crippen MR) is 92.1 cm³/mol. The van der Waals surface area contributed by atoms with E-state index in [0.717, 1.165) is 85.0 Å². The number of piperidine rings is 1. The summed E-state index contributed by atoms with van der Waals surface area (Å²) in [6.07, 6.45) is 1.74. The van der Waals surface area contributed by atoms with Crippen LogP contribution in [0, 0.1) is 0 Å². The first-order chi connectivity index (χ1) is 11.7. The number of amides is 2. The number of nitrogens with zero attached hydrogens (tertiary/aromatic N) is 4. The number of ether oxygens (including phenoxy) is 1. The smallest absolute Gasteiger partial charge is 0.320 e. The second-order valence-corrected chi connectivity index (χ2v) is 7.15. The molecule has 138 valence electrons. The lowest BCUT2D eigenvalue weighted by Crippen LogP contribution is -2.49. The number of carbonyl (C=O) groups is 1. The Labute approximate surface area is 145 Å². The van der Waals surface area contributed by atoms with Crippen LogP contribution in [0.25, 0.3) is 0 Å². The molecule has 3 saturated heterocycles. The molecule has 3 fully saturated rings. The third-order valence-corrected chi connectivity index (χ3v) is 5.55. The van der Waals surface area contributed by atoms with E-state index in [1.807, 2.05) is 11.8 Å². The maximum atomic E-state index is 12.3. The summed E-state index contributed by atoms with van der Waals surface area (Å²) in [5, 5.41) is 10.3. The summed E-state index contributed by atoms with van der Waals surface area (Å²) in [5.41, 5.74) is 0. The highest BCUT2D eigenvalue weighted by molar-refractivity contribution is 5.76. The predicted octanol–water partition coefficient (Wildman–Crippen LogP) is -0.0986. The monoisotopic (exact) mass is 340 g/mol. The normalized spacial score (nSPS) is 26.3. The number of aliphatic hydroxyl groups excluding tert-OH is 1. The van der Waals surface area contributed by atoms with Crippen molar-refractivity contribution in [1.29, 1.82) is 0 Å². The fourth-order valence-electron chi connectivity index (χ4n) is 4.08. The molecule has 0 aromatic heterocycles. The lowest BCUT2D eigenvalue weighted by Gasteiger charge is -2.38. The van der Waals surface area contributed by atoms with Crippen LogP contribution in [0.5, 0.6) is 0 Å². The van der Waals surface area contributed by atoms with Gasteiger partial charge in [0.25, 0.3) is 0 Å². The van der Waals surface area contributed by atoms with E-state index in [2.05, 4.69) is 14.7 Å². The van der Waals surface area contributed by atoms with Gasteiger partial charge >= 0.3 is 6.03 Å². The van der Waals surface area contributed by atoms with Gasteiger partial charge in [-0.3, -0.25) is 4.90 Å². The maximum absolute atomic E-state index is 12.3. The molecule has 24 heavy (non-hydrogen) atoms. The van der Waals surface area contributed by atoms with Crippen LogP contribution in [0.15, 0.2) is 0 Å². The van der Waals surface area contributed by atoms with Gasteiger partial charge in [0.05, 0.1) is 19.3 Å². The third-order valence-electron chi connectivity index (χ3n) is 5.55. The van der Waals surface area contributed by atoms with Crippen LogP contribution in [0.1, 0.15) is 19.8 Å². The van der Waals surface area contributed by atoms with Crippen LogP contribution >= 0.6 is 0 Å².